The van der Waals surface area contributed by atoms with Gasteiger partial charge in [-0.1, -0.05) is 18.2 Å². The number of carbonyl (C=O) groups is 1. The van der Waals surface area contributed by atoms with Crippen LogP contribution in [0.15, 0.2) is 76.0 Å². The molecule has 2 N–H and O–H groups in total. The summed E-state index contributed by atoms with van der Waals surface area (Å²) < 4.78 is 5.17. The summed E-state index contributed by atoms with van der Waals surface area (Å²) in [5, 5.41) is 22.4. The maximum Gasteiger partial charge on any atom is 0.275 e. The Hall–Kier alpha value is -4.00. The molecule has 0 aliphatic carbocycles. The van der Waals surface area contributed by atoms with Gasteiger partial charge in [0.15, 0.2) is 0 Å². The van der Waals surface area contributed by atoms with Gasteiger partial charge in [0.05, 0.1) is 30.3 Å². The molecule has 0 fully saturated rings. The predicted octanol–water partition coefficient (Wildman–Crippen LogP) is 5.20. The Kier molecular flexibility index (Phi) is 6.54. The average Bonchev–Trinajstić information content (AvgIpc) is 2.76. The highest BCUT2D eigenvalue weighted by atomic mass is 16.5. The van der Waals surface area contributed by atoms with Crippen molar-refractivity contribution in [2.24, 2.45) is 15.3 Å². The van der Waals surface area contributed by atoms with Crippen LogP contribution in [-0.2, 0) is 0 Å². The van der Waals surface area contributed by atoms with Crippen molar-refractivity contribution >= 4 is 23.5 Å². The summed E-state index contributed by atoms with van der Waals surface area (Å²) in [6.45, 7) is 4.05. The molecule has 1 amide bonds. The minimum absolute atomic E-state index is 0.00965. The van der Waals surface area contributed by atoms with Crippen LogP contribution in [0.5, 0.6) is 11.5 Å². The Morgan fingerprint density at radius 1 is 0.967 bits per heavy atom. The molecule has 7 nitrogen and oxygen atoms in total. The quantitative estimate of drug-likeness (QED) is 0.337. The number of aromatic hydroxyl groups is 1. The van der Waals surface area contributed by atoms with Gasteiger partial charge in [-0.25, -0.2) is 5.43 Å². The molecule has 0 spiro atoms. The second kappa shape index (κ2) is 9.47. The molecule has 0 heterocycles. The fraction of sp³-hybridized carbons (Fsp3) is 0.130. The van der Waals surface area contributed by atoms with Gasteiger partial charge in [0.2, 0.25) is 0 Å². The SMILES string of the molecule is COc1ccccc1C(=O)NN=Cc1cc(N=Nc2ccc(C)c(C)c2)ccc1O. The number of hydrazone groups is 1. The number of nitrogens with zero attached hydrogens (tertiary/aromatic N) is 3. The molecule has 7 heteroatoms. The largest absolute Gasteiger partial charge is 0.507 e. The molecule has 3 aromatic carbocycles. The van der Waals surface area contributed by atoms with Crippen molar-refractivity contribution < 1.29 is 14.6 Å². The number of phenolic OH excluding ortho intramolecular Hbond substituents is 1. The van der Waals surface area contributed by atoms with E-state index in [0.29, 0.717) is 22.6 Å². The number of azo groups is 1. The van der Waals surface area contributed by atoms with Gasteiger partial charge in [-0.3, -0.25) is 4.79 Å². The fourth-order valence-electron chi connectivity index (χ4n) is 2.66. The van der Waals surface area contributed by atoms with Crippen LogP contribution in [0.2, 0.25) is 0 Å². The Morgan fingerprint density at radius 2 is 1.67 bits per heavy atom. The number of amides is 1. The maximum atomic E-state index is 12.3. The number of phenols is 1. The fourth-order valence-corrected chi connectivity index (χ4v) is 2.66. The van der Waals surface area contributed by atoms with Crippen LogP contribution in [0.3, 0.4) is 0 Å². The highest BCUT2D eigenvalue weighted by molar-refractivity contribution is 5.97. The lowest BCUT2D eigenvalue weighted by atomic mass is 10.1. The van der Waals surface area contributed by atoms with E-state index in [1.165, 1.54) is 25.0 Å². The van der Waals surface area contributed by atoms with Crippen molar-refractivity contribution in [3.63, 3.8) is 0 Å². The molecule has 3 rings (SSSR count). The number of aryl methyl sites for hydroxylation is 2. The number of benzene rings is 3. The minimum atomic E-state index is -0.422. The number of rotatable bonds is 6. The summed E-state index contributed by atoms with van der Waals surface area (Å²) in [5.74, 6) is 0.0333. The predicted molar refractivity (Wildman–Crippen MR) is 116 cm³/mol. The smallest absolute Gasteiger partial charge is 0.275 e. The number of methoxy groups -OCH3 is 1. The Bertz CT molecular complexity index is 1120. The van der Waals surface area contributed by atoms with Gasteiger partial charge in [0.25, 0.3) is 5.91 Å². The van der Waals surface area contributed by atoms with Gasteiger partial charge in [-0.15, -0.1) is 0 Å². The van der Waals surface area contributed by atoms with Crippen molar-refractivity contribution in [3.05, 3.63) is 82.9 Å². The normalized spacial score (nSPS) is 11.2. The summed E-state index contributed by atoms with van der Waals surface area (Å²) in [7, 11) is 1.49. The number of nitrogens with one attached hydrogen (secondary N) is 1. The molecule has 3 aromatic rings. The second-order valence-corrected chi connectivity index (χ2v) is 6.61. The molecule has 0 unspecified atom stereocenters. The summed E-state index contributed by atoms with van der Waals surface area (Å²) in [5.41, 5.74) is 6.79. The van der Waals surface area contributed by atoms with E-state index >= 15 is 0 Å². The van der Waals surface area contributed by atoms with Gasteiger partial charge < -0.3 is 9.84 Å². The van der Waals surface area contributed by atoms with Gasteiger partial charge >= 0.3 is 0 Å². The summed E-state index contributed by atoms with van der Waals surface area (Å²) in [4.78, 5) is 12.3. The number of ether oxygens (including phenoxy) is 1. The molecule has 0 aliphatic rings. The Balaban J connectivity index is 1.72. The van der Waals surface area contributed by atoms with Gasteiger partial charge in [0.1, 0.15) is 11.5 Å². The van der Waals surface area contributed by atoms with E-state index in [0.717, 1.165) is 11.3 Å². The minimum Gasteiger partial charge on any atom is -0.507 e. The second-order valence-electron chi connectivity index (χ2n) is 6.61. The molecule has 0 atom stereocenters. The van der Waals surface area contributed by atoms with Crippen LogP contribution >= 0.6 is 0 Å². The van der Waals surface area contributed by atoms with Gasteiger partial charge in [0, 0.05) is 5.56 Å². The van der Waals surface area contributed by atoms with Crippen LogP contribution in [0.25, 0.3) is 0 Å². The summed E-state index contributed by atoms with van der Waals surface area (Å²) >= 11 is 0. The third-order valence-electron chi connectivity index (χ3n) is 4.50. The molecular weight excluding hydrogens is 380 g/mol. The maximum absolute atomic E-state index is 12.3. The highest BCUT2D eigenvalue weighted by Crippen LogP contribution is 2.25. The van der Waals surface area contributed by atoms with Crippen molar-refractivity contribution in [2.45, 2.75) is 13.8 Å². The van der Waals surface area contributed by atoms with Gasteiger partial charge in [-0.05, 0) is 67.4 Å². The van der Waals surface area contributed by atoms with Crippen LogP contribution < -0.4 is 10.2 Å². The van der Waals surface area contributed by atoms with E-state index in [9.17, 15) is 9.90 Å². The van der Waals surface area contributed by atoms with E-state index in [1.54, 1.807) is 36.4 Å². The van der Waals surface area contributed by atoms with Crippen molar-refractivity contribution in [2.75, 3.05) is 7.11 Å². The molecule has 0 bridgehead atoms. The zero-order valence-electron chi connectivity index (χ0n) is 17.0. The lowest BCUT2D eigenvalue weighted by molar-refractivity contribution is 0.0952. The van der Waals surface area contributed by atoms with Crippen LogP contribution in [0, 0.1) is 13.8 Å². The van der Waals surface area contributed by atoms with E-state index in [1.807, 2.05) is 32.0 Å². The first kappa shape index (κ1) is 20.7. The molecular formula is C23H22N4O3. The van der Waals surface area contributed by atoms with Crippen LogP contribution in [0.4, 0.5) is 11.4 Å². The van der Waals surface area contributed by atoms with E-state index < -0.39 is 5.91 Å². The zero-order chi connectivity index (χ0) is 21.5. The lowest BCUT2D eigenvalue weighted by Gasteiger charge is -2.06. The Morgan fingerprint density at radius 3 is 2.40 bits per heavy atom. The van der Waals surface area contributed by atoms with Gasteiger partial charge in [-0.2, -0.15) is 15.3 Å². The standard InChI is InChI=1S/C23H22N4O3/c1-15-8-9-18(12-16(15)2)25-26-19-10-11-21(28)17(13-19)14-24-27-23(29)20-6-4-5-7-22(20)30-3/h4-14,28H,1-3H3,(H,27,29). The Labute approximate surface area is 174 Å². The molecule has 0 saturated heterocycles. The van der Waals surface area contributed by atoms with Crippen molar-refractivity contribution in [1.82, 2.24) is 5.43 Å². The van der Waals surface area contributed by atoms with Crippen molar-refractivity contribution in [3.8, 4) is 11.5 Å². The molecule has 30 heavy (non-hydrogen) atoms. The molecule has 0 aliphatic heterocycles. The third-order valence-corrected chi connectivity index (χ3v) is 4.50. The first-order valence-electron chi connectivity index (χ1n) is 9.26. The van der Waals surface area contributed by atoms with E-state index in [4.69, 9.17) is 4.74 Å². The number of carbonyl (C=O) groups excluding carboxylic acids is 1. The van der Waals surface area contributed by atoms with Crippen LogP contribution in [-0.4, -0.2) is 24.3 Å². The number of hydrogen-bond donors (Lipinski definition) is 2. The topological polar surface area (TPSA) is 95.6 Å². The van der Waals surface area contributed by atoms with E-state index in [2.05, 4.69) is 20.8 Å². The van der Waals surface area contributed by atoms with Crippen LogP contribution in [0.1, 0.15) is 27.0 Å². The number of para-hydroxylation sites is 1. The van der Waals surface area contributed by atoms with Crippen molar-refractivity contribution in [1.29, 1.82) is 0 Å². The monoisotopic (exact) mass is 402 g/mol. The summed E-state index contributed by atoms with van der Waals surface area (Å²) in [6, 6.07) is 17.4. The average molecular weight is 402 g/mol. The third kappa shape index (κ3) is 5.08. The van der Waals surface area contributed by atoms with E-state index in [-0.39, 0.29) is 5.75 Å². The molecule has 0 aromatic heterocycles. The molecule has 0 radical (unpaired) electrons. The highest BCUT2D eigenvalue weighted by Gasteiger charge is 2.10. The zero-order valence-corrected chi connectivity index (χ0v) is 17.0. The lowest BCUT2D eigenvalue weighted by Crippen LogP contribution is -2.18. The first-order chi connectivity index (χ1) is 14.5. The number of hydrogen-bond acceptors (Lipinski definition) is 6. The summed E-state index contributed by atoms with van der Waals surface area (Å²) in [6.07, 6.45) is 1.34. The first-order valence-corrected chi connectivity index (χ1v) is 9.26. The molecule has 152 valence electrons. The molecule has 0 saturated carbocycles.